The van der Waals surface area contributed by atoms with E-state index >= 15 is 0 Å². The molecule has 0 saturated carbocycles. The third-order valence-corrected chi connectivity index (χ3v) is 2.56. The van der Waals surface area contributed by atoms with E-state index in [-0.39, 0.29) is 7.43 Å². The molecule has 0 radical (unpaired) electrons. The van der Waals surface area contributed by atoms with E-state index in [9.17, 15) is 0 Å². The van der Waals surface area contributed by atoms with Gasteiger partial charge < -0.3 is 5.73 Å². The molecule has 0 aromatic heterocycles. The van der Waals surface area contributed by atoms with Crippen LogP contribution in [0.25, 0.3) is 0 Å². The standard InChI is InChI=1S/C12H27N.CH4/c1-2-3-4-5-6-7-8-9-10-11-12-13;/h2-13H2,1H3;1H4. The van der Waals surface area contributed by atoms with Crippen LogP contribution in [0.3, 0.4) is 0 Å². The second-order valence-electron chi connectivity index (χ2n) is 3.97. The minimum Gasteiger partial charge on any atom is -0.330 e. The molecule has 0 heterocycles. The zero-order valence-corrected chi connectivity index (χ0v) is 9.36. The second kappa shape index (κ2) is 15.4. The van der Waals surface area contributed by atoms with Crippen molar-refractivity contribution in [2.45, 2.75) is 78.6 Å². The zero-order chi connectivity index (χ0) is 9.78. The molecule has 0 aromatic carbocycles. The molecule has 0 aliphatic rings. The highest BCUT2D eigenvalue weighted by Gasteiger charge is 1.90. The minimum absolute atomic E-state index is 0. The third-order valence-electron chi connectivity index (χ3n) is 2.56. The smallest absolute Gasteiger partial charge is 0.00773 e. The van der Waals surface area contributed by atoms with Crippen LogP contribution in [0.4, 0.5) is 0 Å². The van der Waals surface area contributed by atoms with Crippen molar-refractivity contribution < 1.29 is 0 Å². The van der Waals surface area contributed by atoms with E-state index in [4.69, 9.17) is 5.73 Å². The summed E-state index contributed by atoms with van der Waals surface area (Å²) < 4.78 is 0. The van der Waals surface area contributed by atoms with Crippen LogP contribution in [0.1, 0.15) is 78.6 Å². The van der Waals surface area contributed by atoms with Gasteiger partial charge in [0.25, 0.3) is 0 Å². The summed E-state index contributed by atoms with van der Waals surface area (Å²) in [6.45, 7) is 3.14. The molecule has 0 bridgehead atoms. The summed E-state index contributed by atoms with van der Waals surface area (Å²) in [4.78, 5) is 0. The average Bonchev–Trinajstić information content (AvgIpc) is 2.16. The van der Waals surface area contributed by atoms with Crippen molar-refractivity contribution in [1.82, 2.24) is 0 Å². The lowest BCUT2D eigenvalue weighted by Crippen LogP contribution is -1.97. The Hall–Kier alpha value is -0.0400. The summed E-state index contributed by atoms with van der Waals surface area (Å²) in [6, 6.07) is 0. The van der Waals surface area contributed by atoms with Gasteiger partial charge in [-0.25, -0.2) is 0 Å². The fourth-order valence-electron chi connectivity index (χ4n) is 1.63. The Balaban J connectivity index is 0. The molecule has 1 nitrogen and oxygen atoms in total. The van der Waals surface area contributed by atoms with Gasteiger partial charge in [-0.3, -0.25) is 0 Å². The van der Waals surface area contributed by atoms with Gasteiger partial charge in [-0.2, -0.15) is 0 Å². The van der Waals surface area contributed by atoms with Gasteiger partial charge in [-0.15, -0.1) is 0 Å². The van der Waals surface area contributed by atoms with E-state index in [1.54, 1.807) is 0 Å². The first kappa shape index (κ1) is 16.4. The molecule has 0 atom stereocenters. The van der Waals surface area contributed by atoms with Gasteiger partial charge in [0.15, 0.2) is 0 Å². The Kier molecular flexibility index (Phi) is 18.1. The first-order valence-corrected chi connectivity index (χ1v) is 6.12. The topological polar surface area (TPSA) is 26.0 Å². The van der Waals surface area contributed by atoms with Crippen molar-refractivity contribution >= 4 is 0 Å². The molecular weight excluding hydrogens is 170 g/mol. The monoisotopic (exact) mass is 201 g/mol. The summed E-state index contributed by atoms with van der Waals surface area (Å²) in [5.41, 5.74) is 5.42. The minimum atomic E-state index is 0. The molecule has 0 aromatic rings. The third kappa shape index (κ3) is 14.5. The number of unbranched alkanes of at least 4 members (excludes halogenated alkanes) is 9. The molecule has 1 heteroatoms. The summed E-state index contributed by atoms with van der Waals surface area (Å²) in [5, 5.41) is 0. The molecule has 0 aliphatic heterocycles. The van der Waals surface area contributed by atoms with Crippen LogP contribution >= 0.6 is 0 Å². The van der Waals surface area contributed by atoms with Gasteiger partial charge in [-0.05, 0) is 13.0 Å². The molecule has 0 aliphatic carbocycles. The lowest BCUT2D eigenvalue weighted by atomic mass is 10.1. The van der Waals surface area contributed by atoms with E-state index in [2.05, 4.69) is 6.92 Å². The van der Waals surface area contributed by atoms with Crippen LogP contribution < -0.4 is 5.73 Å². The highest BCUT2D eigenvalue weighted by Crippen LogP contribution is 2.09. The van der Waals surface area contributed by atoms with Crippen molar-refractivity contribution in [2.24, 2.45) is 5.73 Å². The quantitative estimate of drug-likeness (QED) is 0.517. The predicted octanol–water partition coefficient (Wildman–Crippen LogP) is 4.50. The van der Waals surface area contributed by atoms with Crippen LogP contribution in [0, 0.1) is 0 Å². The molecule has 0 fully saturated rings. The zero-order valence-electron chi connectivity index (χ0n) is 9.36. The van der Waals surface area contributed by atoms with E-state index in [1.165, 1.54) is 64.2 Å². The maximum atomic E-state index is 5.42. The fraction of sp³-hybridized carbons (Fsp3) is 1.00. The highest BCUT2D eigenvalue weighted by molar-refractivity contribution is 4.47. The maximum Gasteiger partial charge on any atom is -0.00773 e. The molecular formula is C13H31N. The van der Waals surface area contributed by atoms with E-state index < -0.39 is 0 Å². The van der Waals surface area contributed by atoms with Crippen LogP contribution in [-0.4, -0.2) is 6.54 Å². The molecule has 0 rings (SSSR count). The summed E-state index contributed by atoms with van der Waals surface area (Å²) in [7, 11) is 0. The van der Waals surface area contributed by atoms with Crippen LogP contribution in [0.5, 0.6) is 0 Å². The molecule has 0 spiro atoms. The summed E-state index contributed by atoms with van der Waals surface area (Å²) in [6.07, 6.45) is 13.9. The maximum absolute atomic E-state index is 5.42. The normalized spacial score (nSPS) is 9.86. The summed E-state index contributed by atoms with van der Waals surface area (Å²) in [5.74, 6) is 0. The lowest BCUT2D eigenvalue weighted by molar-refractivity contribution is 0.558. The van der Waals surface area contributed by atoms with Gasteiger partial charge >= 0.3 is 0 Å². The largest absolute Gasteiger partial charge is 0.330 e. The Morgan fingerprint density at radius 3 is 1.36 bits per heavy atom. The van der Waals surface area contributed by atoms with E-state index in [0.717, 1.165) is 6.54 Å². The van der Waals surface area contributed by atoms with Crippen LogP contribution in [-0.2, 0) is 0 Å². The van der Waals surface area contributed by atoms with Crippen molar-refractivity contribution in [2.75, 3.05) is 6.54 Å². The Bertz CT molecular complexity index is 71.3. The van der Waals surface area contributed by atoms with E-state index in [0.29, 0.717) is 0 Å². The number of hydrogen-bond acceptors (Lipinski definition) is 1. The van der Waals surface area contributed by atoms with Crippen molar-refractivity contribution in [3.05, 3.63) is 0 Å². The van der Waals surface area contributed by atoms with Crippen molar-refractivity contribution in [3.63, 3.8) is 0 Å². The second-order valence-corrected chi connectivity index (χ2v) is 3.97. The average molecular weight is 201 g/mol. The Morgan fingerprint density at radius 2 is 1.00 bits per heavy atom. The Morgan fingerprint density at radius 1 is 0.643 bits per heavy atom. The first-order valence-electron chi connectivity index (χ1n) is 6.12. The first-order chi connectivity index (χ1) is 6.41. The Labute approximate surface area is 91.5 Å². The lowest BCUT2D eigenvalue weighted by Gasteiger charge is -2.00. The summed E-state index contributed by atoms with van der Waals surface area (Å²) >= 11 is 0. The van der Waals surface area contributed by atoms with Crippen molar-refractivity contribution in [3.8, 4) is 0 Å². The molecule has 0 saturated heterocycles. The van der Waals surface area contributed by atoms with Gasteiger partial charge in [0.1, 0.15) is 0 Å². The van der Waals surface area contributed by atoms with Gasteiger partial charge in [0.05, 0.1) is 0 Å². The molecule has 2 N–H and O–H groups in total. The highest BCUT2D eigenvalue weighted by atomic mass is 14.5. The van der Waals surface area contributed by atoms with Crippen molar-refractivity contribution in [1.29, 1.82) is 0 Å². The number of rotatable bonds is 10. The van der Waals surface area contributed by atoms with Crippen LogP contribution in [0.2, 0.25) is 0 Å². The molecule has 14 heavy (non-hydrogen) atoms. The van der Waals surface area contributed by atoms with Crippen LogP contribution in [0.15, 0.2) is 0 Å². The fourth-order valence-corrected chi connectivity index (χ4v) is 1.63. The van der Waals surface area contributed by atoms with Gasteiger partial charge in [-0.1, -0.05) is 72.1 Å². The van der Waals surface area contributed by atoms with Gasteiger partial charge in [0.2, 0.25) is 0 Å². The molecule has 0 unspecified atom stereocenters. The SMILES string of the molecule is C.CCCCCCCCCCCCN. The molecule has 88 valence electrons. The predicted molar refractivity (Wildman–Crippen MR) is 67.6 cm³/mol. The molecule has 0 amide bonds. The number of hydrogen-bond donors (Lipinski definition) is 1. The number of nitrogens with two attached hydrogens (primary N) is 1. The van der Waals surface area contributed by atoms with E-state index in [1.807, 2.05) is 0 Å². The van der Waals surface area contributed by atoms with Gasteiger partial charge in [0, 0.05) is 0 Å².